The van der Waals surface area contributed by atoms with Crippen LogP contribution in [0.5, 0.6) is 0 Å². The van der Waals surface area contributed by atoms with Gasteiger partial charge in [-0.25, -0.2) is 4.39 Å². The molecule has 0 bridgehead atoms. The van der Waals surface area contributed by atoms with Gasteiger partial charge in [-0.1, -0.05) is 18.6 Å². The predicted octanol–water partition coefficient (Wildman–Crippen LogP) is 3.28. The fourth-order valence-corrected chi connectivity index (χ4v) is 4.38. The summed E-state index contributed by atoms with van der Waals surface area (Å²) >= 11 is 0. The van der Waals surface area contributed by atoms with Crippen molar-refractivity contribution >= 4 is 11.8 Å². The number of carboxylic acids is 1. The van der Waals surface area contributed by atoms with Crippen LogP contribution in [0.4, 0.5) is 10.2 Å². The van der Waals surface area contributed by atoms with Crippen LogP contribution in [-0.4, -0.2) is 34.4 Å². The average Bonchev–Trinajstić information content (AvgIpc) is 3.13. The molecule has 1 saturated carbocycles. The first kappa shape index (κ1) is 16.0. The van der Waals surface area contributed by atoms with Crippen LogP contribution in [0.15, 0.2) is 30.3 Å². The molecule has 0 radical (unpaired) electrons. The average molecular weight is 341 g/mol. The summed E-state index contributed by atoms with van der Waals surface area (Å²) in [4.78, 5) is 13.9. The minimum atomic E-state index is -0.695. The first-order valence-electron chi connectivity index (χ1n) is 8.58. The topological polar surface area (TPSA) is 66.3 Å². The maximum atomic E-state index is 13.4. The number of nitrogens with zero attached hydrogens (tertiary/aromatic N) is 3. The molecular formula is C19H20FN3O2. The van der Waals surface area contributed by atoms with Gasteiger partial charge in [-0.2, -0.15) is 0 Å². The Balaban J connectivity index is 1.63. The number of hydrogen-bond donors (Lipinski definition) is 1. The Morgan fingerprint density at radius 2 is 2.20 bits per heavy atom. The summed E-state index contributed by atoms with van der Waals surface area (Å²) in [5.74, 6) is -0.0967. The van der Waals surface area contributed by atoms with Crippen LogP contribution in [0.3, 0.4) is 0 Å². The summed E-state index contributed by atoms with van der Waals surface area (Å²) in [5, 5.41) is 18.3. The van der Waals surface area contributed by atoms with Crippen LogP contribution < -0.4 is 4.90 Å². The van der Waals surface area contributed by atoms with E-state index in [4.69, 9.17) is 0 Å². The van der Waals surface area contributed by atoms with Crippen molar-refractivity contribution in [2.75, 3.05) is 18.0 Å². The number of halogens is 1. The van der Waals surface area contributed by atoms with Crippen LogP contribution in [-0.2, 0) is 4.79 Å². The van der Waals surface area contributed by atoms with E-state index < -0.39 is 11.4 Å². The van der Waals surface area contributed by atoms with Gasteiger partial charge in [-0.05, 0) is 49.4 Å². The molecule has 1 saturated heterocycles. The monoisotopic (exact) mass is 341 g/mol. The second-order valence-electron chi connectivity index (χ2n) is 7.18. The van der Waals surface area contributed by atoms with Crippen LogP contribution >= 0.6 is 0 Å². The third-order valence-electron chi connectivity index (χ3n) is 5.67. The number of fused-ring (bicyclic) bond motifs is 1. The molecule has 4 rings (SSSR count). The van der Waals surface area contributed by atoms with E-state index in [0.717, 1.165) is 30.6 Å². The number of carbonyl (C=O) groups is 1. The second-order valence-corrected chi connectivity index (χ2v) is 7.18. The Morgan fingerprint density at radius 1 is 1.36 bits per heavy atom. The molecule has 1 aromatic carbocycles. The van der Waals surface area contributed by atoms with Crippen molar-refractivity contribution in [2.24, 2.45) is 11.3 Å². The maximum absolute atomic E-state index is 13.4. The molecule has 2 aliphatic rings. The fourth-order valence-electron chi connectivity index (χ4n) is 4.38. The molecule has 0 unspecified atom stereocenters. The highest BCUT2D eigenvalue weighted by molar-refractivity contribution is 5.78. The van der Waals surface area contributed by atoms with Gasteiger partial charge in [0.2, 0.25) is 0 Å². The van der Waals surface area contributed by atoms with Gasteiger partial charge in [-0.15, -0.1) is 10.2 Å². The second kappa shape index (κ2) is 5.79. The smallest absolute Gasteiger partial charge is 0.311 e. The van der Waals surface area contributed by atoms with Crippen molar-refractivity contribution in [1.82, 2.24) is 10.2 Å². The lowest BCUT2D eigenvalue weighted by molar-refractivity contribution is -0.149. The number of carboxylic acid groups (broad SMARTS) is 1. The third-order valence-corrected chi connectivity index (χ3v) is 5.67. The van der Waals surface area contributed by atoms with Crippen molar-refractivity contribution in [1.29, 1.82) is 0 Å². The van der Waals surface area contributed by atoms with Crippen LogP contribution in [0.25, 0.3) is 11.3 Å². The molecule has 2 atom stereocenters. The zero-order valence-electron chi connectivity index (χ0n) is 14.1. The summed E-state index contributed by atoms with van der Waals surface area (Å²) in [6.07, 6.45) is 2.67. The Hall–Kier alpha value is -2.50. The number of benzene rings is 1. The van der Waals surface area contributed by atoms with Crippen molar-refractivity contribution in [3.05, 3.63) is 41.7 Å². The number of hydrogen-bond acceptors (Lipinski definition) is 4. The van der Waals surface area contributed by atoms with Gasteiger partial charge in [0.25, 0.3) is 0 Å². The minimum absolute atomic E-state index is 0.175. The Labute approximate surface area is 145 Å². The van der Waals surface area contributed by atoms with Crippen molar-refractivity contribution in [3.63, 3.8) is 0 Å². The van der Waals surface area contributed by atoms with E-state index in [1.807, 2.05) is 13.0 Å². The van der Waals surface area contributed by atoms with Gasteiger partial charge in [-0.3, -0.25) is 4.79 Å². The quantitative estimate of drug-likeness (QED) is 0.928. The Morgan fingerprint density at radius 3 is 2.88 bits per heavy atom. The van der Waals surface area contributed by atoms with Gasteiger partial charge in [0.05, 0.1) is 11.1 Å². The Bertz CT molecular complexity index is 841. The number of aliphatic carboxylic acids is 1. The van der Waals surface area contributed by atoms with E-state index >= 15 is 0 Å². The van der Waals surface area contributed by atoms with Crippen molar-refractivity contribution in [3.8, 4) is 11.3 Å². The summed E-state index contributed by atoms with van der Waals surface area (Å²) in [6, 6.07) is 8.16. The van der Waals surface area contributed by atoms with Crippen LogP contribution in [0, 0.1) is 24.1 Å². The molecule has 5 nitrogen and oxygen atoms in total. The maximum Gasteiger partial charge on any atom is 0.311 e. The van der Waals surface area contributed by atoms with Gasteiger partial charge in [0, 0.05) is 18.7 Å². The highest BCUT2D eigenvalue weighted by atomic mass is 19.1. The lowest BCUT2D eigenvalue weighted by Gasteiger charge is -2.24. The number of rotatable bonds is 3. The molecule has 1 aliphatic heterocycles. The zero-order valence-corrected chi connectivity index (χ0v) is 14.1. The predicted molar refractivity (Wildman–Crippen MR) is 91.8 cm³/mol. The molecule has 6 heteroatoms. The first-order chi connectivity index (χ1) is 12.0. The zero-order chi connectivity index (χ0) is 17.6. The highest BCUT2D eigenvalue weighted by Crippen LogP contribution is 2.49. The van der Waals surface area contributed by atoms with Gasteiger partial charge in [0.1, 0.15) is 5.82 Å². The lowest BCUT2D eigenvalue weighted by atomic mass is 9.81. The molecule has 0 spiro atoms. The van der Waals surface area contributed by atoms with Gasteiger partial charge >= 0.3 is 5.97 Å². The van der Waals surface area contributed by atoms with E-state index in [9.17, 15) is 14.3 Å². The van der Waals surface area contributed by atoms with E-state index in [1.165, 1.54) is 12.1 Å². The molecule has 130 valence electrons. The molecule has 2 aromatic rings. The highest BCUT2D eigenvalue weighted by Gasteiger charge is 2.55. The molecule has 0 amide bonds. The van der Waals surface area contributed by atoms with Gasteiger partial charge in [0.15, 0.2) is 5.82 Å². The molecule has 25 heavy (non-hydrogen) atoms. The molecule has 2 fully saturated rings. The first-order valence-corrected chi connectivity index (χ1v) is 8.58. The minimum Gasteiger partial charge on any atom is -0.481 e. The molecule has 1 aromatic heterocycles. The standard InChI is InChI=1S/C19H20FN3O2/c1-12-8-16(13-4-2-6-15(20)9-13)21-22-17(12)23-10-14-5-3-7-19(14,11-23)18(24)25/h2,4,6,8-9,14H,3,5,7,10-11H2,1H3,(H,24,25)/t14-,19+/m0/s1. The van der Waals surface area contributed by atoms with E-state index in [1.54, 1.807) is 12.1 Å². The van der Waals surface area contributed by atoms with E-state index in [-0.39, 0.29) is 11.7 Å². The molecule has 2 heterocycles. The Kier molecular flexibility index (Phi) is 3.71. The summed E-state index contributed by atoms with van der Waals surface area (Å²) in [7, 11) is 0. The largest absolute Gasteiger partial charge is 0.481 e. The number of aromatic nitrogens is 2. The lowest BCUT2D eigenvalue weighted by Crippen LogP contribution is -2.36. The van der Waals surface area contributed by atoms with Crippen LogP contribution in [0.2, 0.25) is 0 Å². The van der Waals surface area contributed by atoms with E-state index in [2.05, 4.69) is 15.1 Å². The van der Waals surface area contributed by atoms with Crippen molar-refractivity contribution in [2.45, 2.75) is 26.2 Å². The SMILES string of the molecule is Cc1cc(-c2cccc(F)c2)nnc1N1C[C@@H]2CCC[C@@]2(C(=O)O)C1. The van der Waals surface area contributed by atoms with E-state index in [0.29, 0.717) is 24.3 Å². The molecule has 1 N–H and O–H groups in total. The molecular weight excluding hydrogens is 321 g/mol. The van der Waals surface area contributed by atoms with Gasteiger partial charge < -0.3 is 10.0 Å². The number of anilines is 1. The fraction of sp³-hybridized carbons (Fsp3) is 0.421. The number of aryl methyl sites for hydroxylation is 1. The summed E-state index contributed by atoms with van der Waals surface area (Å²) in [6.45, 7) is 3.14. The molecule has 1 aliphatic carbocycles. The summed E-state index contributed by atoms with van der Waals surface area (Å²) < 4.78 is 13.4. The summed E-state index contributed by atoms with van der Waals surface area (Å²) in [5.41, 5.74) is 1.58. The van der Waals surface area contributed by atoms with Crippen molar-refractivity contribution < 1.29 is 14.3 Å². The normalized spacial score (nSPS) is 25.2. The third kappa shape index (κ3) is 2.56. The van der Waals surface area contributed by atoms with Crippen LogP contribution in [0.1, 0.15) is 24.8 Å².